The lowest BCUT2D eigenvalue weighted by atomic mass is 9.93. The van der Waals surface area contributed by atoms with Crippen LogP contribution in [0.5, 0.6) is 0 Å². The van der Waals surface area contributed by atoms with Crippen LogP contribution in [0, 0.1) is 12.7 Å². The number of esters is 1. The fourth-order valence-corrected chi connectivity index (χ4v) is 1.47. The van der Waals surface area contributed by atoms with Gasteiger partial charge in [0, 0.05) is 5.56 Å². The molecule has 0 aliphatic rings. The number of aryl methyl sites for hydroxylation is 1. The second-order valence-electron chi connectivity index (χ2n) is 4.20. The first kappa shape index (κ1) is 12.6. The molecule has 1 rings (SSSR count). The van der Waals surface area contributed by atoms with Crippen molar-refractivity contribution in [1.82, 2.24) is 0 Å². The van der Waals surface area contributed by atoms with Gasteiger partial charge >= 0.3 is 5.97 Å². The Labute approximate surface area is 93.9 Å². The molecule has 0 heterocycles. The van der Waals surface area contributed by atoms with Crippen LogP contribution in [-0.2, 0) is 10.3 Å². The molecule has 0 aliphatic heterocycles. The molecular formula is C12H15FO3. The maximum absolute atomic E-state index is 13.6. The summed E-state index contributed by atoms with van der Waals surface area (Å²) in [6.07, 6.45) is 0. The van der Waals surface area contributed by atoms with Crippen molar-refractivity contribution in [3.05, 3.63) is 34.6 Å². The number of methoxy groups -OCH3 is 1. The monoisotopic (exact) mass is 226 g/mol. The van der Waals surface area contributed by atoms with Crippen molar-refractivity contribution >= 4 is 5.97 Å². The van der Waals surface area contributed by atoms with Gasteiger partial charge in [-0.1, -0.05) is 0 Å². The molecule has 0 saturated heterocycles. The van der Waals surface area contributed by atoms with E-state index in [0.717, 1.165) is 0 Å². The molecule has 0 saturated carbocycles. The first-order chi connectivity index (χ1) is 7.27. The topological polar surface area (TPSA) is 46.5 Å². The number of hydrogen-bond donors (Lipinski definition) is 1. The van der Waals surface area contributed by atoms with E-state index in [1.165, 1.54) is 33.1 Å². The number of rotatable bonds is 2. The highest BCUT2D eigenvalue weighted by Gasteiger charge is 2.23. The van der Waals surface area contributed by atoms with E-state index in [0.29, 0.717) is 5.56 Å². The average molecular weight is 226 g/mol. The lowest BCUT2D eigenvalue weighted by molar-refractivity contribution is 0.0596. The summed E-state index contributed by atoms with van der Waals surface area (Å²) in [5.41, 5.74) is -0.502. The highest BCUT2D eigenvalue weighted by atomic mass is 19.1. The van der Waals surface area contributed by atoms with E-state index in [4.69, 9.17) is 0 Å². The van der Waals surface area contributed by atoms with Crippen LogP contribution >= 0.6 is 0 Å². The summed E-state index contributed by atoms with van der Waals surface area (Å²) in [4.78, 5) is 11.4. The Morgan fingerprint density at radius 3 is 2.44 bits per heavy atom. The molecule has 0 spiro atoms. The molecule has 0 amide bonds. The predicted molar refractivity (Wildman–Crippen MR) is 57.7 cm³/mol. The summed E-state index contributed by atoms with van der Waals surface area (Å²) < 4.78 is 18.2. The van der Waals surface area contributed by atoms with Gasteiger partial charge in [-0.05, 0) is 38.5 Å². The summed E-state index contributed by atoms with van der Waals surface area (Å²) in [5, 5.41) is 9.75. The third kappa shape index (κ3) is 2.39. The molecule has 88 valence electrons. The quantitative estimate of drug-likeness (QED) is 0.786. The maximum atomic E-state index is 13.6. The second kappa shape index (κ2) is 4.22. The fraction of sp³-hybridized carbons (Fsp3) is 0.417. The minimum Gasteiger partial charge on any atom is -0.465 e. The fourth-order valence-electron chi connectivity index (χ4n) is 1.47. The highest BCUT2D eigenvalue weighted by molar-refractivity contribution is 5.91. The van der Waals surface area contributed by atoms with E-state index in [9.17, 15) is 14.3 Å². The second-order valence-corrected chi connectivity index (χ2v) is 4.20. The Bertz CT molecular complexity index is 419. The van der Waals surface area contributed by atoms with Gasteiger partial charge < -0.3 is 9.84 Å². The number of ether oxygens (including phenoxy) is 1. The third-order valence-corrected chi connectivity index (χ3v) is 2.38. The van der Waals surface area contributed by atoms with Gasteiger partial charge in [0.15, 0.2) is 0 Å². The van der Waals surface area contributed by atoms with Crippen LogP contribution in [0.4, 0.5) is 4.39 Å². The number of carbonyl (C=O) groups is 1. The van der Waals surface area contributed by atoms with Crippen LogP contribution in [-0.4, -0.2) is 18.2 Å². The molecule has 1 aromatic rings. The van der Waals surface area contributed by atoms with Crippen molar-refractivity contribution in [2.75, 3.05) is 7.11 Å². The van der Waals surface area contributed by atoms with E-state index in [1.54, 1.807) is 6.92 Å². The largest absolute Gasteiger partial charge is 0.465 e. The molecule has 0 unspecified atom stereocenters. The Balaban J connectivity index is 3.39. The van der Waals surface area contributed by atoms with Crippen molar-refractivity contribution < 1.29 is 19.0 Å². The molecule has 0 radical (unpaired) electrons. The number of carbonyl (C=O) groups excluding carboxylic acids is 1. The number of aliphatic hydroxyl groups is 1. The van der Waals surface area contributed by atoms with Gasteiger partial charge in [0.25, 0.3) is 0 Å². The van der Waals surface area contributed by atoms with E-state index < -0.39 is 17.4 Å². The Morgan fingerprint density at radius 1 is 1.44 bits per heavy atom. The van der Waals surface area contributed by atoms with Gasteiger partial charge in [-0.2, -0.15) is 0 Å². The van der Waals surface area contributed by atoms with Crippen molar-refractivity contribution in [1.29, 1.82) is 0 Å². The first-order valence-electron chi connectivity index (χ1n) is 4.88. The normalized spacial score (nSPS) is 11.4. The molecule has 0 bridgehead atoms. The van der Waals surface area contributed by atoms with Gasteiger partial charge in [-0.3, -0.25) is 0 Å². The van der Waals surface area contributed by atoms with Gasteiger partial charge in [-0.25, -0.2) is 9.18 Å². The third-order valence-electron chi connectivity index (χ3n) is 2.38. The lowest BCUT2D eigenvalue weighted by Gasteiger charge is -2.20. The summed E-state index contributed by atoms with van der Waals surface area (Å²) in [7, 11) is 1.26. The van der Waals surface area contributed by atoms with Crippen molar-refractivity contribution in [3.63, 3.8) is 0 Å². The van der Waals surface area contributed by atoms with Crippen LogP contribution in [0.25, 0.3) is 0 Å². The van der Waals surface area contributed by atoms with E-state index in [2.05, 4.69) is 4.74 Å². The van der Waals surface area contributed by atoms with Gasteiger partial charge in [0.05, 0.1) is 18.3 Å². The molecule has 4 heteroatoms. The standard InChI is InChI=1S/C12H15FO3/c1-7-5-10(13)9(12(2,3)15)6-8(7)11(14)16-4/h5-6,15H,1-4H3. The van der Waals surface area contributed by atoms with E-state index in [-0.39, 0.29) is 11.1 Å². The molecule has 1 aromatic carbocycles. The van der Waals surface area contributed by atoms with Gasteiger partial charge in [-0.15, -0.1) is 0 Å². The molecular weight excluding hydrogens is 211 g/mol. The zero-order chi connectivity index (χ0) is 12.5. The molecule has 1 N–H and O–H groups in total. The Hall–Kier alpha value is -1.42. The number of benzene rings is 1. The lowest BCUT2D eigenvalue weighted by Crippen LogP contribution is -2.19. The van der Waals surface area contributed by atoms with Crippen LogP contribution < -0.4 is 0 Å². The Morgan fingerprint density at radius 2 is 2.00 bits per heavy atom. The van der Waals surface area contributed by atoms with Crippen LogP contribution in [0.1, 0.15) is 35.3 Å². The summed E-state index contributed by atoms with van der Waals surface area (Å²) >= 11 is 0. The molecule has 0 aromatic heterocycles. The molecule has 0 aliphatic carbocycles. The molecule has 0 atom stereocenters. The summed E-state index contributed by atoms with van der Waals surface area (Å²) in [6, 6.07) is 2.55. The average Bonchev–Trinajstić information content (AvgIpc) is 2.14. The van der Waals surface area contributed by atoms with Gasteiger partial charge in [0.1, 0.15) is 5.82 Å². The molecule has 0 fully saturated rings. The predicted octanol–water partition coefficient (Wildman–Crippen LogP) is 2.15. The van der Waals surface area contributed by atoms with E-state index >= 15 is 0 Å². The van der Waals surface area contributed by atoms with Crippen LogP contribution in [0.3, 0.4) is 0 Å². The zero-order valence-electron chi connectivity index (χ0n) is 9.80. The van der Waals surface area contributed by atoms with Crippen LogP contribution in [0.2, 0.25) is 0 Å². The molecule has 16 heavy (non-hydrogen) atoms. The first-order valence-corrected chi connectivity index (χ1v) is 4.88. The van der Waals surface area contributed by atoms with Crippen molar-refractivity contribution in [2.24, 2.45) is 0 Å². The highest BCUT2D eigenvalue weighted by Crippen LogP contribution is 2.26. The molecule has 3 nitrogen and oxygen atoms in total. The van der Waals surface area contributed by atoms with Crippen molar-refractivity contribution in [2.45, 2.75) is 26.4 Å². The smallest absolute Gasteiger partial charge is 0.338 e. The van der Waals surface area contributed by atoms with Crippen LogP contribution in [0.15, 0.2) is 12.1 Å². The maximum Gasteiger partial charge on any atom is 0.338 e. The minimum absolute atomic E-state index is 0.0819. The van der Waals surface area contributed by atoms with Gasteiger partial charge in [0.2, 0.25) is 0 Å². The number of hydrogen-bond acceptors (Lipinski definition) is 3. The van der Waals surface area contributed by atoms with E-state index in [1.807, 2.05) is 0 Å². The van der Waals surface area contributed by atoms with Crippen molar-refractivity contribution in [3.8, 4) is 0 Å². The number of halogens is 1. The SMILES string of the molecule is COC(=O)c1cc(C(C)(C)O)c(F)cc1C. The Kier molecular flexibility index (Phi) is 3.33. The summed E-state index contributed by atoms with van der Waals surface area (Å²) in [6.45, 7) is 4.53. The summed E-state index contributed by atoms with van der Waals surface area (Å²) in [5.74, 6) is -1.07. The minimum atomic E-state index is -1.33. The zero-order valence-corrected chi connectivity index (χ0v) is 9.80.